The van der Waals surface area contributed by atoms with Gasteiger partial charge in [-0.15, -0.1) is 0 Å². The zero-order chi connectivity index (χ0) is 31.3. The molecule has 2 aromatic carbocycles. The van der Waals surface area contributed by atoms with Gasteiger partial charge in [0.1, 0.15) is 0 Å². The van der Waals surface area contributed by atoms with Crippen LogP contribution in [0.15, 0.2) is 77.9 Å². The van der Waals surface area contributed by atoms with Crippen LogP contribution in [0.2, 0.25) is 0 Å². The van der Waals surface area contributed by atoms with Gasteiger partial charge in [-0.05, 0) is 57.2 Å². The topological polar surface area (TPSA) is 124 Å². The van der Waals surface area contributed by atoms with E-state index in [9.17, 15) is 29.9 Å². The highest BCUT2D eigenvalue weighted by atomic mass is 16.6. The molecule has 43 heavy (non-hydrogen) atoms. The van der Waals surface area contributed by atoms with E-state index >= 15 is 0 Å². The monoisotopic (exact) mass is 587 g/mol. The van der Waals surface area contributed by atoms with Crippen molar-refractivity contribution in [3.63, 3.8) is 0 Å². The average molecular weight is 588 g/mol. The Morgan fingerprint density at radius 3 is 2.56 bits per heavy atom. The second-order valence-electron chi connectivity index (χ2n) is 11.8. The van der Waals surface area contributed by atoms with Crippen LogP contribution in [0.25, 0.3) is 0 Å². The fraction of sp³-hybridized carbons (Fsp3) is 0.412. The van der Waals surface area contributed by atoms with Gasteiger partial charge in [-0.25, -0.2) is 0 Å². The maximum atomic E-state index is 13.8. The maximum absolute atomic E-state index is 13.8. The summed E-state index contributed by atoms with van der Waals surface area (Å²) >= 11 is 0. The summed E-state index contributed by atoms with van der Waals surface area (Å²) in [7, 11) is 0. The largest absolute Gasteiger partial charge is 0.394 e. The minimum Gasteiger partial charge on any atom is -0.394 e. The third-order valence-electron chi connectivity index (χ3n) is 8.44. The minimum absolute atomic E-state index is 0.0202. The Morgan fingerprint density at radius 2 is 1.88 bits per heavy atom. The molecule has 4 rings (SSSR count). The second kappa shape index (κ2) is 13.5. The summed E-state index contributed by atoms with van der Waals surface area (Å²) in [5, 5.41) is 33.4. The first-order valence-corrected chi connectivity index (χ1v) is 14.7. The van der Waals surface area contributed by atoms with Crippen molar-refractivity contribution in [2.45, 2.75) is 71.6 Å². The molecule has 228 valence electrons. The van der Waals surface area contributed by atoms with Crippen LogP contribution in [-0.2, 0) is 28.2 Å². The highest BCUT2D eigenvalue weighted by molar-refractivity contribution is 6.07. The number of nitro benzene ring substituents is 1. The summed E-state index contributed by atoms with van der Waals surface area (Å²) in [4.78, 5) is 41.2. The van der Waals surface area contributed by atoms with Crippen molar-refractivity contribution in [3.05, 3.63) is 105 Å². The quantitative estimate of drug-likeness (QED) is 0.208. The van der Waals surface area contributed by atoms with Gasteiger partial charge in [-0.1, -0.05) is 66.6 Å². The number of aliphatic hydroxyl groups is 2. The lowest BCUT2D eigenvalue weighted by atomic mass is 9.82. The second-order valence-corrected chi connectivity index (χ2v) is 11.8. The van der Waals surface area contributed by atoms with Gasteiger partial charge in [-0.3, -0.25) is 19.7 Å². The van der Waals surface area contributed by atoms with Gasteiger partial charge >= 0.3 is 0 Å². The molecular weight excluding hydrogens is 546 g/mol. The Kier molecular flexibility index (Phi) is 9.98. The molecule has 0 aromatic heterocycles. The van der Waals surface area contributed by atoms with Gasteiger partial charge in [0.15, 0.2) is 5.60 Å². The number of hydrogen-bond donors (Lipinski definition) is 2. The van der Waals surface area contributed by atoms with Gasteiger partial charge in [0.2, 0.25) is 5.91 Å². The van der Waals surface area contributed by atoms with E-state index in [1.54, 1.807) is 24.0 Å². The highest BCUT2D eigenvalue weighted by Gasteiger charge is 2.53. The van der Waals surface area contributed by atoms with Gasteiger partial charge in [0.25, 0.3) is 11.6 Å². The van der Waals surface area contributed by atoms with Crippen molar-refractivity contribution >= 4 is 23.2 Å². The molecule has 9 nitrogen and oxygen atoms in total. The van der Waals surface area contributed by atoms with Gasteiger partial charge in [-0.2, -0.15) is 0 Å². The number of fused-ring (bicyclic) bond motifs is 2. The number of hydrogen-bond acceptors (Lipinski definition) is 6. The van der Waals surface area contributed by atoms with Crippen LogP contribution < -0.4 is 4.90 Å². The van der Waals surface area contributed by atoms with Crippen molar-refractivity contribution in [1.29, 1.82) is 0 Å². The molecule has 3 atom stereocenters. The third kappa shape index (κ3) is 6.78. The van der Waals surface area contributed by atoms with E-state index in [1.165, 1.54) is 28.7 Å². The first kappa shape index (κ1) is 31.8. The van der Waals surface area contributed by atoms with Crippen LogP contribution in [-0.4, -0.2) is 51.0 Å². The Hall–Kier alpha value is -4.08. The van der Waals surface area contributed by atoms with Crippen molar-refractivity contribution in [3.8, 4) is 0 Å². The first-order valence-electron chi connectivity index (χ1n) is 14.7. The predicted molar refractivity (Wildman–Crippen MR) is 166 cm³/mol. The number of amides is 2. The number of carbonyl (C=O) groups is 2. The van der Waals surface area contributed by atoms with Crippen LogP contribution in [0.1, 0.15) is 63.6 Å². The van der Waals surface area contributed by atoms with Gasteiger partial charge in [0.05, 0.1) is 23.3 Å². The summed E-state index contributed by atoms with van der Waals surface area (Å²) in [6.07, 6.45) is 9.65. The van der Waals surface area contributed by atoms with Crippen molar-refractivity contribution in [1.82, 2.24) is 4.90 Å². The zero-order valence-corrected chi connectivity index (χ0v) is 25.3. The number of allylic oxidation sites excluding steroid dienone is 3. The normalized spacial score (nSPS) is 20.7. The Labute approximate surface area is 253 Å². The number of non-ortho nitro benzene ring substituents is 1. The molecule has 0 saturated heterocycles. The van der Waals surface area contributed by atoms with E-state index in [-0.39, 0.29) is 42.8 Å². The summed E-state index contributed by atoms with van der Waals surface area (Å²) in [5.41, 5.74) is 2.85. The molecule has 2 aliphatic heterocycles. The molecule has 2 aromatic rings. The molecule has 2 aliphatic rings. The Morgan fingerprint density at radius 1 is 1.16 bits per heavy atom. The molecule has 2 amide bonds. The summed E-state index contributed by atoms with van der Waals surface area (Å²) in [6.45, 7) is 8.22. The molecule has 0 radical (unpaired) electrons. The van der Waals surface area contributed by atoms with Crippen molar-refractivity contribution < 1.29 is 24.7 Å². The minimum atomic E-state index is -2.04. The number of nitrogens with zero attached hydrogens (tertiary/aromatic N) is 3. The SMILES string of the molecule is CC(C)=CCC/C(C)=C/CN1C(=O)[C@](O)([C@H](C)/C=C/CC(=O)N2Cc3ccccc3C[C@H]2CO)c2cc([N+](=O)[O-])ccc21. The summed E-state index contributed by atoms with van der Waals surface area (Å²) < 4.78 is 0. The molecule has 0 fully saturated rings. The lowest BCUT2D eigenvalue weighted by molar-refractivity contribution is -0.385. The van der Waals surface area contributed by atoms with Crippen LogP contribution in [0.3, 0.4) is 0 Å². The molecule has 2 heterocycles. The number of rotatable bonds is 11. The van der Waals surface area contributed by atoms with E-state index in [4.69, 9.17) is 0 Å². The number of carbonyl (C=O) groups excluding carboxylic acids is 2. The van der Waals surface area contributed by atoms with Crippen molar-refractivity contribution in [2.24, 2.45) is 5.92 Å². The molecule has 0 aliphatic carbocycles. The van der Waals surface area contributed by atoms with Crippen LogP contribution in [0, 0.1) is 16.0 Å². The summed E-state index contributed by atoms with van der Waals surface area (Å²) in [6, 6.07) is 11.6. The lowest BCUT2D eigenvalue weighted by Gasteiger charge is -2.36. The summed E-state index contributed by atoms with van der Waals surface area (Å²) in [5.74, 6) is -1.52. The van der Waals surface area contributed by atoms with Crippen LogP contribution >= 0.6 is 0 Å². The predicted octanol–water partition coefficient (Wildman–Crippen LogP) is 5.35. The van der Waals surface area contributed by atoms with Gasteiger partial charge < -0.3 is 20.0 Å². The average Bonchev–Trinajstić information content (AvgIpc) is 3.20. The van der Waals surface area contributed by atoms with Crippen LogP contribution in [0.4, 0.5) is 11.4 Å². The fourth-order valence-electron chi connectivity index (χ4n) is 5.84. The standard InChI is InChI=1S/C34H41N3O6/c1-23(2)9-7-10-24(3)17-18-35-31-16-15-28(37(42)43)20-30(31)34(41,33(35)40)25(4)11-8-14-32(39)36-21-27-13-6-5-12-26(27)19-29(36)22-38/h5-6,8-9,11-13,15-17,20,25,29,38,41H,7,10,14,18-19,21-22H2,1-4H3/b11-8+,24-17+/t25-,29+,34+/m1/s1. The molecular formula is C34H41N3O6. The smallest absolute Gasteiger partial charge is 0.269 e. The van der Waals surface area contributed by atoms with Crippen LogP contribution in [0.5, 0.6) is 0 Å². The number of nitro groups is 1. The third-order valence-corrected chi connectivity index (χ3v) is 8.44. The van der Waals surface area contributed by atoms with E-state index in [2.05, 4.69) is 6.08 Å². The van der Waals surface area contributed by atoms with Gasteiger partial charge in [0, 0.05) is 43.1 Å². The number of aliphatic hydroxyl groups excluding tert-OH is 1. The number of anilines is 1. The Bertz CT molecular complexity index is 1470. The van der Waals surface area contributed by atoms with E-state index in [0.717, 1.165) is 29.5 Å². The fourth-order valence-corrected chi connectivity index (χ4v) is 5.84. The molecule has 2 N–H and O–H groups in total. The van der Waals surface area contributed by atoms with E-state index in [1.807, 2.05) is 51.1 Å². The van der Waals surface area contributed by atoms with Crippen molar-refractivity contribution in [2.75, 3.05) is 18.1 Å². The molecule has 0 spiro atoms. The molecule has 0 bridgehead atoms. The highest BCUT2D eigenvalue weighted by Crippen LogP contribution is 2.46. The lowest BCUT2D eigenvalue weighted by Crippen LogP contribution is -2.46. The van der Waals surface area contributed by atoms with E-state index < -0.39 is 22.3 Å². The molecule has 0 saturated carbocycles. The van der Waals surface area contributed by atoms with E-state index in [0.29, 0.717) is 18.7 Å². The molecule has 9 heteroatoms. The maximum Gasteiger partial charge on any atom is 0.269 e. The zero-order valence-electron chi connectivity index (χ0n) is 25.3. The molecule has 0 unspecified atom stereocenters. The Balaban J connectivity index is 1.53. The number of benzene rings is 2. The first-order chi connectivity index (χ1) is 20.5.